The SMILES string of the molecule is CNCc1cc(C)nc(N(C)Cc2csc(C)n2)c1. The van der Waals surface area contributed by atoms with Gasteiger partial charge in [0.2, 0.25) is 0 Å². The van der Waals surface area contributed by atoms with Crippen LogP contribution in [0, 0.1) is 13.8 Å². The molecule has 0 aliphatic heterocycles. The molecule has 5 heteroatoms. The van der Waals surface area contributed by atoms with E-state index in [1.165, 1.54) is 5.56 Å². The smallest absolute Gasteiger partial charge is 0.129 e. The number of hydrogen-bond donors (Lipinski definition) is 1. The number of nitrogens with one attached hydrogen (secondary N) is 1. The van der Waals surface area contributed by atoms with E-state index in [0.717, 1.165) is 35.3 Å². The van der Waals surface area contributed by atoms with Gasteiger partial charge in [-0.1, -0.05) is 0 Å². The molecule has 2 heterocycles. The molecule has 0 saturated carbocycles. The molecule has 4 nitrogen and oxygen atoms in total. The number of rotatable bonds is 5. The third kappa shape index (κ3) is 3.75. The zero-order valence-corrected chi connectivity index (χ0v) is 12.7. The highest BCUT2D eigenvalue weighted by Gasteiger charge is 2.08. The molecule has 0 aromatic carbocycles. The lowest BCUT2D eigenvalue weighted by atomic mass is 10.2. The van der Waals surface area contributed by atoms with Crippen LogP contribution >= 0.6 is 11.3 Å². The highest BCUT2D eigenvalue weighted by molar-refractivity contribution is 7.09. The van der Waals surface area contributed by atoms with Crippen molar-refractivity contribution in [3.8, 4) is 0 Å². The van der Waals surface area contributed by atoms with Gasteiger partial charge < -0.3 is 10.2 Å². The summed E-state index contributed by atoms with van der Waals surface area (Å²) in [6, 6.07) is 4.24. The van der Waals surface area contributed by atoms with E-state index in [2.05, 4.69) is 44.7 Å². The van der Waals surface area contributed by atoms with Crippen LogP contribution < -0.4 is 10.2 Å². The summed E-state index contributed by atoms with van der Waals surface area (Å²) in [5, 5.41) is 6.39. The number of thiazole rings is 1. The van der Waals surface area contributed by atoms with Gasteiger partial charge in [0.1, 0.15) is 5.82 Å². The summed E-state index contributed by atoms with van der Waals surface area (Å²) in [5.41, 5.74) is 3.40. The monoisotopic (exact) mass is 276 g/mol. The van der Waals surface area contributed by atoms with Crippen molar-refractivity contribution in [2.45, 2.75) is 26.9 Å². The van der Waals surface area contributed by atoms with Gasteiger partial charge in [0.15, 0.2) is 0 Å². The Labute approximate surface area is 118 Å². The molecule has 19 heavy (non-hydrogen) atoms. The molecule has 0 radical (unpaired) electrons. The molecule has 2 aromatic heterocycles. The first-order valence-corrected chi connectivity index (χ1v) is 7.20. The summed E-state index contributed by atoms with van der Waals surface area (Å²) in [5.74, 6) is 0.996. The van der Waals surface area contributed by atoms with Crippen molar-refractivity contribution in [2.75, 3.05) is 19.0 Å². The molecular weight excluding hydrogens is 256 g/mol. The van der Waals surface area contributed by atoms with Gasteiger partial charge in [-0.3, -0.25) is 0 Å². The summed E-state index contributed by atoms with van der Waals surface area (Å²) in [6.07, 6.45) is 0. The minimum atomic E-state index is 0.791. The Morgan fingerprint density at radius 1 is 1.26 bits per heavy atom. The third-order valence-electron chi connectivity index (χ3n) is 2.84. The van der Waals surface area contributed by atoms with Crippen LogP contribution in [0.5, 0.6) is 0 Å². The summed E-state index contributed by atoms with van der Waals surface area (Å²) < 4.78 is 0. The summed E-state index contributed by atoms with van der Waals surface area (Å²) in [4.78, 5) is 11.2. The van der Waals surface area contributed by atoms with Crippen molar-refractivity contribution >= 4 is 17.2 Å². The highest BCUT2D eigenvalue weighted by atomic mass is 32.1. The van der Waals surface area contributed by atoms with E-state index < -0.39 is 0 Å². The van der Waals surface area contributed by atoms with E-state index in [0.29, 0.717) is 0 Å². The van der Waals surface area contributed by atoms with Gasteiger partial charge in [-0.05, 0) is 38.6 Å². The van der Waals surface area contributed by atoms with Crippen molar-refractivity contribution in [3.05, 3.63) is 39.5 Å². The maximum absolute atomic E-state index is 4.59. The Morgan fingerprint density at radius 3 is 2.68 bits per heavy atom. The molecule has 0 fully saturated rings. The number of nitrogens with zero attached hydrogens (tertiary/aromatic N) is 3. The summed E-state index contributed by atoms with van der Waals surface area (Å²) in [6.45, 7) is 5.72. The van der Waals surface area contributed by atoms with Gasteiger partial charge in [-0.25, -0.2) is 9.97 Å². The molecule has 2 rings (SSSR count). The normalized spacial score (nSPS) is 10.7. The van der Waals surface area contributed by atoms with Crippen LogP contribution in [-0.2, 0) is 13.1 Å². The maximum atomic E-state index is 4.59. The van der Waals surface area contributed by atoms with Gasteiger partial charge >= 0.3 is 0 Å². The van der Waals surface area contributed by atoms with E-state index in [-0.39, 0.29) is 0 Å². The zero-order chi connectivity index (χ0) is 13.8. The van der Waals surface area contributed by atoms with Crippen LogP contribution in [0.3, 0.4) is 0 Å². The lowest BCUT2D eigenvalue weighted by Gasteiger charge is -2.18. The van der Waals surface area contributed by atoms with E-state index in [1.807, 2.05) is 20.9 Å². The average molecular weight is 276 g/mol. The number of aromatic nitrogens is 2. The quantitative estimate of drug-likeness (QED) is 0.911. The van der Waals surface area contributed by atoms with Crippen LogP contribution in [0.4, 0.5) is 5.82 Å². The van der Waals surface area contributed by atoms with Crippen molar-refractivity contribution in [1.82, 2.24) is 15.3 Å². The van der Waals surface area contributed by atoms with Crippen LogP contribution in [0.2, 0.25) is 0 Å². The topological polar surface area (TPSA) is 41.1 Å². The maximum Gasteiger partial charge on any atom is 0.129 e. The average Bonchev–Trinajstić information content (AvgIpc) is 2.74. The molecule has 0 bridgehead atoms. The van der Waals surface area contributed by atoms with Gasteiger partial charge in [-0.15, -0.1) is 11.3 Å². The van der Waals surface area contributed by atoms with Crippen LogP contribution in [0.1, 0.15) is 22.0 Å². The molecule has 0 aliphatic rings. The fourth-order valence-corrected chi connectivity index (χ4v) is 2.63. The molecule has 0 amide bonds. The van der Waals surface area contributed by atoms with Crippen LogP contribution in [-0.4, -0.2) is 24.1 Å². The minimum absolute atomic E-state index is 0.791. The zero-order valence-electron chi connectivity index (χ0n) is 11.9. The van der Waals surface area contributed by atoms with E-state index >= 15 is 0 Å². The summed E-state index contributed by atoms with van der Waals surface area (Å²) in [7, 11) is 4.01. The third-order valence-corrected chi connectivity index (χ3v) is 3.66. The lowest BCUT2D eigenvalue weighted by Crippen LogP contribution is -2.19. The molecule has 0 spiro atoms. The van der Waals surface area contributed by atoms with E-state index in [9.17, 15) is 0 Å². The molecule has 0 unspecified atom stereocenters. The Kier molecular flexibility index (Phi) is 4.50. The number of anilines is 1. The van der Waals surface area contributed by atoms with Crippen LogP contribution in [0.15, 0.2) is 17.5 Å². The second kappa shape index (κ2) is 6.12. The van der Waals surface area contributed by atoms with Crippen molar-refractivity contribution in [2.24, 2.45) is 0 Å². The van der Waals surface area contributed by atoms with Crippen molar-refractivity contribution in [3.63, 3.8) is 0 Å². The molecule has 0 atom stereocenters. The molecular formula is C14H20N4S. The minimum Gasteiger partial charge on any atom is -0.354 e. The van der Waals surface area contributed by atoms with Gasteiger partial charge in [0.05, 0.1) is 17.2 Å². The van der Waals surface area contributed by atoms with Gasteiger partial charge in [0, 0.05) is 24.7 Å². The predicted octanol–water partition coefficient (Wildman–Crippen LogP) is 2.51. The Morgan fingerprint density at radius 2 is 2.05 bits per heavy atom. The first kappa shape index (κ1) is 14.0. The number of hydrogen-bond acceptors (Lipinski definition) is 5. The first-order valence-electron chi connectivity index (χ1n) is 6.33. The molecule has 0 saturated heterocycles. The van der Waals surface area contributed by atoms with E-state index in [4.69, 9.17) is 0 Å². The van der Waals surface area contributed by atoms with Crippen LogP contribution in [0.25, 0.3) is 0 Å². The Hall–Kier alpha value is -1.46. The fourth-order valence-electron chi connectivity index (χ4n) is 2.03. The van der Waals surface area contributed by atoms with E-state index in [1.54, 1.807) is 11.3 Å². The lowest BCUT2D eigenvalue weighted by molar-refractivity contribution is 0.807. The van der Waals surface area contributed by atoms with Crippen molar-refractivity contribution in [1.29, 1.82) is 0 Å². The highest BCUT2D eigenvalue weighted by Crippen LogP contribution is 2.17. The molecule has 102 valence electrons. The summed E-state index contributed by atoms with van der Waals surface area (Å²) >= 11 is 1.69. The number of pyridine rings is 1. The Bertz CT molecular complexity index is 550. The Balaban J connectivity index is 2.15. The molecule has 1 N–H and O–H groups in total. The largest absolute Gasteiger partial charge is 0.354 e. The first-order chi connectivity index (χ1) is 9.08. The fraction of sp³-hybridized carbons (Fsp3) is 0.429. The number of aryl methyl sites for hydroxylation is 2. The second-order valence-electron chi connectivity index (χ2n) is 4.72. The second-order valence-corrected chi connectivity index (χ2v) is 5.78. The standard InChI is InChI=1S/C14H20N4S/c1-10-5-12(7-15-3)6-14(16-10)18(4)8-13-9-19-11(2)17-13/h5-6,9,15H,7-8H2,1-4H3. The van der Waals surface area contributed by atoms with Gasteiger partial charge in [0.25, 0.3) is 0 Å². The van der Waals surface area contributed by atoms with Gasteiger partial charge in [-0.2, -0.15) is 0 Å². The molecule has 0 aliphatic carbocycles. The van der Waals surface area contributed by atoms with Crippen molar-refractivity contribution < 1.29 is 0 Å². The molecule has 2 aromatic rings. The predicted molar refractivity (Wildman–Crippen MR) is 80.7 cm³/mol.